The Bertz CT molecular complexity index is 835. The highest BCUT2D eigenvalue weighted by Crippen LogP contribution is 2.23. The molecule has 1 amide bonds. The first-order valence-corrected chi connectivity index (χ1v) is 9.36. The van der Waals surface area contributed by atoms with E-state index in [0.29, 0.717) is 5.56 Å². The van der Waals surface area contributed by atoms with Crippen LogP contribution in [-0.4, -0.2) is 33.5 Å². The van der Waals surface area contributed by atoms with Gasteiger partial charge in [-0.05, 0) is 65.9 Å². The molecule has 0 spiro atoms. The lowest BCUT2D eigenvalue weighted by atomic mass is 10.1. The molecular formula is C20H20IN3O2. The number of likely N-dealkylation sites (N-methyl/N-ethyl adjacent to an activating group) is 1. The van der Waals surface area contributed by atoms with E-state index in [1.165, 1.54) is 0 Å². The van der Waals surface area contributed by atoms with E-state index in [-0.39, 0.29) is 18.2 Å². The summed E-state index contributed by atoms with van der Waals surface area (Å²) < 4.78 is 9.06. The number of rotatable bonds is 6. The van der Waals surface area contributed by atoms with Gasteiger partial charge in [0.2, 0.25) is 0 Å². The molecule has 1 aromatic heterocycles. The smallest absolute Gasteiger partial charge is 0.255 e. The molecule has 6 heteroatoms. The molecular weight excluding hydrogens is 441 g/mol. The van der Waals surface area contributed by atoms with Crippen LogP contribution in [0.5, 0.6) is 5.75 Å². The van der Waals surface area contributed by atoms with Crippen LogP contribution < -0.4 is 4.74 Å². The second-order valence-corrected chi connectivity index (χ2v) is 7.23. The number of aromatic nitrogens is 2. The summed E-state index contributed by atoms with van der Waals surface area (Å²) in [6.45, 7) is 1.95. The van der Waals surface area contributed by atoms with Crippen molar-refractivity contribution in [1.29, 1.82) is 0 Å². The van der Waals surface area contributed by atoms with Gasteiger partial charge in [-0.15, -0.1) is 0 Å². The van der Waals surface area contributed by atoms with Gasteiger partial charge in [-0.25, -0.2) is 4.98 Å². The third-order valence-electron chi connectivity index (χ3n) is 4.12. The zero-order valence-electron chi connectivity index (χ0n) is 14.6. The van der Waals surface area contributed by atoms with Crippen LogP contribution in [0.15, 0.2) is 73.3 Å². The van der Waals surface area contributed by atoms with E-state index >= 15 is 0 Å². The fourth-order valence-corrected chi connectivity index (χ4v) is 3.23. The predicted molar refractivity (Wildman–Crippen MR) is 109 cm³/mol. The van der Waals surface area contributed by atoms with E-state index in [1.54, 1.807) is 24.5 Å². The quantitative estimate of drug-likeness (QED) is 0.517. The Balaban J connectivity index is 1.86. The molecule has 2 aromatic carbocycles. The molecule has 5 nitrogen and oxygen atoms in total. The number of halogens is 1. The normalized spacial score (nSPS) is 13.0. The number of nitrogens with zero attached hydrogens (tertiary/aromatic N) is 3. The SMILES string of the molecule is CC(Oc1ccccc1)C(N(C)C(=O)c1ccc(I)cc1)n1ccnc1. The van der Waals surface area contributed by atoms with Crippen LogP contribution in [0.25, 0.3) is 0 Å². The van der Waals surface area contributed by atoms with E-state index in [0.717, 1.165) is 9.32 Å². The van der Waals surface area contributed by atoms with Crippen molar-refractivity contribution >= 4 is 28.5 Å². The monoisotopic (exact) mass is 461 g/mol. The predicted octanol–water partition coefficient (Wildman–Crippen LogP) is 4.23. The van der Waals surface area contributed by atoms with Gasteiger partial charge in [0.1, 0.15) is 18.0 Å². The van der Waals surface area contributed by atoms with Gasteiger partial charge in [-0.3, -0.25) is 4.79 Å². The Morgan fingerprint density at radius 3 is 2.46 bits per heavy atom. The van der Waals surface area contributed by atoms with Crippen LogP contribution in [0.2, 0.25) is 0 Å². The van der Waals surface area contributed by atoms with Gasteiger partial charge in [0, 0.05) is 28.6 Å². The summed E-state index contributed by atoms with van der Waals surface area (Å²) in [4.78, 5) is 18.8. The van der Waals surface area contributed by atoms with Crippen molar-refractivity contribution < 1.29 is 9.53 Å². The number of imidazole rings is 1. The third-order valence-corrected chi connectivity index (χ3v) is 4.84. The molecule has 0 saturated carbocycles. The van der Waals surface area contributed by atoms with Gasteiger partial charge < -0.3 is 14.2 Å². The number of para-hydroxylation sites is 1. The fourth-order valence-electron chi connectivity index (χ4n) is 2.87. The molecule has 0 radical (unpaired) electrons. The summed E-state index contributed by atoms with van der Waals surface area (Å²) in [5, 5.41) is 0. The first-order valence-electron chi connectivity index (χ1n) is 8.28. The van der Waals surface area contributed by atoms with Crippen molar-refractivity contribution in [1.82, 2.24) is 14.5 Å². The minimum Gasteiger partial charge on any atom is -0.487 e. The molecule has 26 heavy (non-hydrogen) atoms. The van der Waals surface area contributed by atoms with E-state index in [9.17, 15) is 4.79 Å². The number of carbonyl (C=O) groups is 1. The second kappa shape index (κ2) is 8.35. The van der Waals surface area contributed by atoms with E-state index in [4.69, 9.17) is 4.74 Å². The molecule has 2 atom stereocenters. The molecule has 0 N–H and O–H groups in total. The lowest BCUT2D eigenvalue weighted by Crippen LogP contribution is -2.42. The average molecular weight is 461 g/mol. The lowest BCUT2D eigenvalue weighted by molar-refractivity contribution is 0.0353. The van der Waals surface area contributed by atoms with Gasteiger partial charge in [0.05, 0.1) is 6.33 Å². The zero-order valence-corrected chi connectivity index (χ0v) is 16.8. The topological polar surface area (TPSA) is 47.4 Å². The second-order valence-electron chi connectivity index (χ2n) is 5.98. The van der Waals surface area contributed by atoms with Gasteiger partial charge in [-0.1, -0.05) is 18.2 Å². The number of amides is 1. The van der Waals surface area contributed by atoms with Crippen molar-refractivity contribution in [3.63, 3.8) is 0 Å². The molecule has 1 heterocycles. The van der Waals surface area contributed by atoms with Crippen LogP contribution in [0, 0.1) is 3.57 Å². The number of hydrogen-bond donors (Lipinski definition) is 0. The maximum absolute atomic E-state index is 13.0. The largest absolute Gasteiger partial charge is 0.487 e. The van der Waals surface area contributed by atoms with Gasteiger partial charge >= 0.3 is 0 Å². The molecule has 2 unspecified atom stereocenters. The Hall–Kier alpha value is -2.35. The maximum atomic E-state index is 13.0. The number of ether oxygens (including phenoxy) is 1. The van der Waals surface area contributed by atoms with Crippen molar-refractivity contribution in [2.75, 3.05) is 7.05 Å². The van der Waals surface area contributed by atoms with Crippen molar-refractivity contribution in [2.45, 2.75) is 19.2 Å². The molecule has 134 valence electrons. The van der Waals surface area contributed by atoms with Crippen molar-refractivity contribution in [3.8, 4) is 5.75 Å². The van der Waals surface area contributed by atoms with Crippen molar-refractivity contribution in [2.24, 2.45) is 0 Å². The lowest BCUT2D eigenvalue weighted by Gasteiger charge is -2.33. The summed E-state index contributed by atoms with van der Waals surface area (Å²) in [5.74, 6) is 0.698. The van der Waals surface area contributed by atoms with E-state index in [1.807, 2.05) is 72.3 Å². The van der Waals surface area contributed by atoms with Crippen LogP contribution in [0.3, 0.4) is 0 Å². The molecule has 3 aromatic rings. The molecule has 3 rings (SSSR count). The minimum atomic E-state index is -0.329. The van der Waals surface area contributed by atoms with Crippen LogP contribution in [0.4, 0.5) is 0 Å². The molecule has 0 aliphatic heterocycles. The maximum Gasteiger partial charge on any atom is 0.255 e. The van der Waals surface area contributed by atoms with Gasteiger partial charge in [-0.2, -0.15) is 0 Å². The summed E-state index contributed by atoms with van der Waals surface area (Å²) in [5.41, 5.74) is 0.643. The van der Waals surface area contributed by atoms with E-state index in [2.05, 4.69) is 27.6 Å². The highest BCUT2D eigenvalue weighted by molar-refractivity contribution is 14.1. The number of carbonyl (C=O) groups excluding carboxylic acids is 1. The highest BCUT2D eigenvalue weighted by atomic mass is 127. The molecule has 0 saturated heterocycles. The molecule has 0 aliphatic rings. The minimum absolute atomic E-state index is 0.0661. The number of hydrogen-bond acceptors (Lipinski definition) is 3. The Labute approximate surface area is 166 Å². The van der Waals surface area contributed by atoms with Gasteiger partial charge in [0.15, 0.2) is 0 Å². The first kappa shape index (κ1) is 18.4. The Kier molecular flexibility index (Phi) is 5.92. The zero-order chi connectivity index (χ0) is 18.5. The Morgan fingerprint density at radius 1 is 1.15 bits per heavy atom. The average Bonchev–Trinajstić information content (AvgIpc) is 3.17. The molecule has 0 aliphatic carbocycles. The Morgan fingerprint density at radius 2 is 1.85 bits per heavy atom. The fraction of sp³-hybridized carbons (Fsp3) is 0.200. The van der Waals surface area contributed by atoms with Crippen LogP contribution in [-0.2, 0) is 0 Å². The third kappa shape index (κ3) is 4.24. The summed E-state index contributed by atoms with van der Waals surface area (Å²) in [7, 11) is 1.79. The standard InChI is InChI=1S/C20H20IN3O2/c1-15(26-18-6-4-3-5-7-18)19(24-13-12-22-14-24)23(2)20(25)16-8-10-17(21)11-9-16/h3-15,19H,1-2H3. The summed E-state index contributed by atoms with van der Waals surface area (Å²) in [6.07, 6.45) is 4.64. The summed E-state index contributed by atoms with van der Waals surface area (Å²) in [6, 6.07) is 17.1. The molecule has 0 bridgehead atoms. The molecule has 0 fully saturated rings. The highest BCUT2D eigenvalue weighted by Gasteiger charge is 2.29. The van der Waals surface area contributed by atoms with E-state index < -0.39 is 0 Å². The summed E-state index contributed by atoms with van der Waals surface area (Å²) >= 11 is 2.22. The first-order chi connectivity index (χ1) is 12.6. The van der Waals surface area contributed by atoms with Gasteiger partial charge in [0.25, 0.3) is 5.91 Å². The van der Waals surface area contributed by atoms with Crippen molar-refractivity contribution in [3.05, 3.63) is 82.5 Å². The van der Waals surface area contributed by atoms with Crippen LogP contribution >= 0.6 is 22.6 Å². The number of benzene rings is 2. The van der Waals surface area contributed by atoms with Crippen LogP contribution in [0.1, 0.15) is 23.4 Å².